The summed E-state index contributed by atoms with van der Waals surface area (Å²) in [6.07, 6.45) is 3.41. The van der Waals surface area contributed by atoms with Crippen molar-refractivity contribution in [3.8, 4) is 5.75 Å². The number of hydrogen-bond donors (Lipinski definition) is 1. The SMILES string of the molecule is CCCCCOc1cc(C)ccc1CNc1cccc(F)n1. The van der Waals surface area contributed by atoms with Crippen molar-refractivity contribution < 1.29 is 9.13 Å². The van der Waals surface area contributed by atoms with Crippen molar-refractivity contribution in [2.75, 3.05) is 11.9 Å². The van der Waals surface area contributed by atoms with E-state index in [-0.39, 0.29) is 0 Å². The fourth-order valence-electron chi connectivity index (χ4n) is 2.17. The van der Waals surface area contributed by atoms with Gasteiger partial charge in [0.25, 0.3) is 0 Å². The first-order valence-corrected chi connectivity index (χ1v) is 7.78. The lowest BCUT2D eigenvalue weighted by Crippen LogP contribution is -2.06. The van der Waals surface area contributed by atoms with Crippen LogP contribution in [0.15, 0.2) is 36.4 Å². The van der Waals surface area contributed by atoms with Gasteiger partial charge in [0.1, 0.15) is 11.6 Å². The molecule has 2 rings (SSSR count). The van der Waals surface area contributed by atoms with Crippen LogP contribution < -0.4 is 10.1 Å². The highest BCUT2D eigenvalue weighted by atomic mass is 19.1. The van der Waals surface area contributed by atoms with Gasteiger partial charge in [0, 0.05) is 12.1 Å². The second-order valence-electron chi connectivity index (χ2n) is 5.37. The number of nitrogens with zero attached hydrogens (tertiary/aromatic N) is 1. The quantitative estimate of drug-likeness (QED) is 0.566. The molecule has 0 unspecified atom stereocenters. The molecule has 0 aliphatic carbocycles. The first-order chi connectivity index (χ1) is 10.7. The summed E-state index contributed by atoms with van der Waals surface area (Å²) in [7, 11) is 0. The van der Waals surface area contributed by atoms with Gasteiger partial charge in [-0.05, 0) is 37.1 Å². The van der Waals surface area contributed by atoms with E-state index in [1.165, 1.54) is 18.9 Å². The zero-order valence-electron chi connectivity index (χ0n) is 13.2. The monoisotopic (exact) mass is 302 g/mol. The van der Waals surface area contributed by atoms with Crippen molar-refractivity contribution in [2.24, 2.45) is 0 Å². The smallest absolute Gasteiger partial charge is 0.214 e. The Bertz CT molecular complexity index is 601. The molecule has 0 amide bonds. The molecule has 1 heterocycles. The van der Waals surface area contributed by atoms with E-state index in [1.807, 2.05) is 19.1 Å². The van der Waals surface area contributed by atoms with Gasteiger partial charge in [0.15, 0.2) is 0 Å². The molecular weight excluding hydrogens is 279 g/mol. The van der Waals surface area contributed by atoms with Crippen molar-refractivity contribution >= 4 is 5.82 Å². The zero-order valence-corrected chi connectivity index (χ0v) is 13.2. The summed E-state index contributed by atoms with van der Waals surface area (Å²) < 4.78 is 19.0. The van der Waals surface area contributed by atoms with Crippen LogP contribution in [0.4, 0.5) is 10.2 Å². The molecule has 0 bridgehead atoms. The van der Waals surface area contributed by atoms with Crippen LogP contribution in [0.3, 0.4) is 0 Å². The predicted octanol–water partition coefficient (Wildman–Crippen LogP) is 4.71. The van der Waals surface area contributed by atoms with Crippen LogP contribution in [0.5, 0.6) is 5.75 Å². The van der Waals surface area contributed by atoms with Gasteiger partial charge >= 0.3 is 0 Å². The van der Waals surface area contributed by atoms with Gasteiger partial charge in [-0.25, -0.2) is 4.98 Å². The van der Waals surface area contributed by atoms with E-state index in [4.69, 9.17) is 4.74 Å². The van der Waals surface area contributed by atoms with Gasteiger partial charge in [-0.15, -0.1) is 0 Å². The number of benzene rings is 1. The van der Waals surface area contributed by atoms with Gasteiger partial charge in [0.05, 0.1) is 6.61 Å². The van der Waals surface area contributed by atoms with Crippen LogP contribution >= 0.6 is 0 Å². The Kier molecular flexibility index (Phi) is 6.19. The standard InChI is InChI=1S/C18H23FN2O/c1-3-4-5-11-22-16-12-14(2)9-10-15(16)13-20-18-8-6-7-17(19)21-18/h6-10,12H,3-5,11,13H2,1-2H3,(H,20,21). The molecule has 22 heavy (non-hydrogen) atoms. The zero-order chi connectivity index (χ0) is 15.8. The van der Waals surface area contributed by atoms with E-state index in [9.17, 15) is 4.39 Å². The van der Waals surface area contributed by atoms with Crippen molar-refractivity contribution in [1.29, 1.82) is 0 Å². The number of nitrogens with one attached hydrogen (secondary N) is 1. The third-order valence-corrected chi connectivity index (χ3v) is 3.40. The minimum absolute atomic E-state index is 0.482. The van der Waals surface area contributed by atoms with E-state index in [2.05, 4.69) is 23.3 Å². The molecule has 0 atom stereocenters. The molecule has 4 heteroatoms. The highest BCUT2D eigenvalue weighted by Crippen LogP contribution is 2.22. The van der Waals surface area contributed by atoms with Crippen LogP contribution in [-0.2, 0) is 6.54 Å². The summed E-state index contributed by atoms with van der Waals surface area (Å²) in [6.45, 7) is 5.50. The first-order valence-electron chi connectivity index (χ1n) is 7.78. The average molecular weight is 302 g/mol. The van der Waals surface area contributed by atoms with Crippen molar-refractivity contribution in [3.05, 3.63) is 53.5 Å². The van der Waals surface area contributed by atoms with Crippen LogP contribution in [-0.4, -0.2) is 11.6 Å². The number of halogens is 1. The Labute approximate surface area is 131 Å². The number of unbranched alkanes of at least 4 members (excludes halogenated alkanes) is 2. The Morgan fingerprint density at radius 1 is 1.18 bits per heavy atom. The number of rotatable bonds is 8. The van der Waals surface area contributed by atoms with Gasteiger partial charge in [-0.2, -0.15) is 4.39 Å². The number of ether oxygens (including phenoxy) is 1. The molecule has 1 aromatic carbocycles. The molecule has 1 N–H and O–H groups in total. The normalized spacial score (nSPS) is 10.5. The van der Waals surface area contributed by atoms with Crippen molar-refractivity contribution in [3.63, 3.8) is 0 Å². The largest absolute Gasteiger partial charge is 0.493 e. The first kappa shape index (κ1) is 16.3. The number of anilines is 1. The van der Waals surface area contributed by atoms with E-state index in [0.717, 1.165) is 29.9 Å². The maximum atomic E-state index is 13.1. The molecule has 0 spiro atoms. The lowest BCUT2D eigenvalue weighted by atomic mass is 10.1. The average Bonchev–Trinajstić information content (AvgIpc) is 2.51. The van der Waals surface area contributed by atoms with Crippen LogP contribution in [0, 0.1) is 12.9 Å². The minimum Gasteiger partial charge on any atom is -0.493 e. The molecule has 0 fully saturated rings. The van der Waals surface area contributed by atoms with Gasteiger partial charge in [-0.1, -0.05) is 38.0 Å². The maximum Gasteiger partial charge on any atom is 0.214 e. The summed E-state index contributed by atoms with van der Waals surface area (Å²) in [4.78, 5) is 3.80. The van der Waals surface area contributed by atoms with Crippen LogP contribution in [0.2, 0.25) is 0 Å². The second kappa shape index (κ2) is 8.37. The molecular formula is C18H23FN2O. The lowest BCUT2D eigenvalue weighted by Gasteiger charge is -2.13. The highest BCUT2D eigenvalue weighted by molar-refractivity contribution is 5.41. The Morgan fingerprint density at radius 2 is 2.05 bits per heavy atom. The fraction of sp³-hybridized carbons (Fsp3) is 0.389. The Balaban J connectivity index is 1.99. The summed E-state index contributed by atoms with van der Waals surface area (Å²) in [5.41, 5.74) is 2.21. The van der Waals surface area contributed by atoms with Crippen molar-refractivity contribution in [1.82, 2.24) is 4.98 Å². The minimum atomic E-state index is -0.482. The summed E-state index contributed by atoms with van der Waals surface area (Å²) in [6, 6.07) is 10.9. The lowest BCUT2D eigenvalue weighted by molar-refractivity contribution is 0.303. The summed E-state index contributed by atoms with van der Waals surface area (Å²) in [5, 5.41) is 3.13. The third kappa shape index (κ3) is 5.02. The molecule has 2 aromatic rings. The Hall–Kier alpha value is -2.10. The molecule has 0 radical (unpaired) electrons. The van der Waals surface area contributed by atoms with Crippen LogP contribution in [0.1, 0.15) is 37.3 Å². The molecule has 0 aliphatic heterocycles. The molecule has 118 valence electrons. The molecule has 1 aromatic heterocycles. The predicted molar refractivity (Wildman–Crippen MR) is 87.7 cm³/mol. The number of hydrogen-bond acceptors (Lipinski definition) is 3. The summed E-state index contributed by atoms with van der Waals surface area (Å²) in [5.74, 6) is 0.933. The molecule has 0 aliphatic rings. The van der Waals surface area contributed by atoms with Gasteiger partial charge in [0.2, 0.25) is 5.95 Å². The van der Waals surface area contributed by atoms with E-state index < -0.39 is 5.95 Å². The number of pyridine rings is 1. The topological polar surface area (TPSA) is 34.1 Å². The Morgan fingerprint density at radius 3 is 2.82 bits per heavy atom. The van der Waals surface area contributed by atoms with E-state index >= 15 is 0 Å². The van der Waals surface area contributed by atoms with Crippen molar-refractivity contribution in [2.45, 2.75) is 39.7 Å². The van der Waals surface area contributed by atoms with Gasteiger partial charge < -0.3 is 10.1 Å². The number of aryl methyl sites for hydroxylation is 1. The van der Waals surface area contributed by atoms with E-state index in [1.54, 1.807) is 12.1 Å². The second-order valence-corrected chi connectivity index (χ2v) is 5.37. The fourth-order valence-corrected chi connectivity index (χ4v) is 2.17. The van der Waals surface area contributed by atoms with Gasteiger partial charge in [-0.3, -0.25) is 0 Å². The molecule has 0 saturated carbocycles. The maximum absolute atomic E-state index is 13.1. The van der Waals surface area contributed by atoms with E-state index in [0.29, 0.717) is 12.4 Å². The third-order valence-electron chi connectivity index (χ3n) is 3.40. The highest BCUT2D eigenvalue weighted by Gasteiger charge is 2.05. The molecule has 0 saturated heterocycles. The molecule has 3 nitrogen and oxygen atoms in total. The summed E-state index contributed by atoms with van der Waals surface area (Å²) >= 11 is 0. The van der Waals surface area contributed by atoms with Crippen LogP contribution in [0.25, 0.3) is 0 Å². The number of aromatic nitrogens is 1.